The average Bonchev–Trinajstić information content (AvgIpc) is 3.60. The van der Waals surface area contributed by atoms with Crippen LogP contribution >= 0.6 is 27.5 Å². The Morgan fingerprint density at radius 2 is 1.94 bits per heavy atom. The number of allylic oxidation sites excluding steroid dienone is 4. The van der Waals surface area contributed by atoms with Crippen LogP contribution in [-0.2, 0) is 16.1 Å². The van der Waals surface area contributed by atoms with Crippen molar-refractivity contribution in [3.8, 4) is 0 Å². The normalized spacial score (nSPS) is 27.8. The molecule has 1 aromatic heterocycles. The van der Waals surface area contributed by atoms with Crippen molar-refractivity contribution in [2.75, 3.05) is 45.8 Å². The first-order valence-corrected chi connectivity index (χ1v) is 20.7. The summed E-state index contributed by atoms with van der Waals surface area (Å²) in [6.45, 7) is 10.7. The smallest absolute Gasteiger partial charge is 0.410 e. The number of hydrogen-bond acceptors (Lipinski definition) is 9. The first kappa shape index (κ1) is 40.1. The van der Waals surface area contributed by atoms with Gasteiger partial charge in [-0.2, -0.15) is 0 Å². The molecular formula is C39H58BrClN8O4. The molecule has 2 saturated heterocycles. The van der Waals surface area contributed by atoms with Crippen LogP contribution in [0.1, 0.15) is 72.1 Å². The van der Waals surface area contributed by atoms with E-state index in [1.165, 1.54) is 11.1 Å². The molecule has 2 fully saturated rings. The Morgan fingerprint density at radius 3 is 2.70 bits per heavy atom. The molecule has 6 rings (SSSR count). The number of aryl methyl sites for hydroxylation is 1. The minimum Gasteiger partial charge on any atom is -0.444 e. The zero-order chi connectivity index (χ0) is 37.5. The second-order valence-corrected chi connectivity index (χ2v) is 17.7. The van der Waals surface area contributed by atoms with Crippen molar-refractivity contribution in [1.29, 1.82) is 0 Å². The van der Waals surface area contributed by atoms with Gasteiger partial charge < -0.3 is 24.6 Å². The third kappa shape index (κ3) is 11.0. The highest BCUT2D eigenvalue weighted by Crippen LogP contribution is 2.43. The van der Waals surface area contributed by atoms with Crippen LogP contribution in [-0.4, -0.2) is 129 Å². The number of amides is 2. The number of ether oxygens (including phenoxy) is 1. The SMILES string of the molecule is CC(C)(C)OC(=O)N1CCC(NC(O)N2CCN(CCCC3C4=C(CCC5C=C(Br)C=NC53)CC(Cl)C=C4)CC2C(=O)NCCCn2ccnc2)CC1. The van der Waals surface area contributed by atoms with Gasteiger partial charge in [-0.15, -0.1) is 11.6 Å². The summed E-state index contributed by atoms with van der Waals surface area (Å²) in [7, 11) is 0. The summed E-state index contributed by atoms with van der Waals surface area (Å²) in [6, 6.07) is -0.274. The molecule has 2 aliphatic carbocycles. The number of aliphatic imine (C=N–C) groups is 1. The van der Waals surface area contributed by atoms with Gasteiger partial charge in [0.2, 0.25) is 5.91 Å². The monoisotopic (exact) mass is 816 g/mol. The fourth-order valence-electron chi connectivity index (χ4n) is 8.49. The molecule has 3 aliphatic heterocycles. The average molecular weight is 818 g/mol. The minimum absolute atomic E-state index is 0.0176. The van der Waals surface area contributed by atoms with Gasteiger partial charge in [0.1, 0.15) is 11.6 Å². The van der Waals surface area contributed by atoms with Gasteiger partial charge in [0.25, 0.3) is 0 Å². The van der Waals surface area contributed by atoms with Crippen molar-refractivity contribution < 1.29 is 19.4 Å². The Bertz CT molecular complexity index is 1520. The largest absolute Gasteiger partial charge is 0.444 e. The number of carbonyl (C=O) groups is 2. The van der Waals surface area contributed by atoms with Crippen molar-refractivity contribution in [1.82, 2.24) is 34.9 Å². The number of likely N-dealkylation sites (tertiary alicyclic amines) is 1. The van der Waals surface area contributed by atoms with E-state index in [1.807, 2.05) is 42.6 Å². The molecule has 6 atom stereocenters. The van der Waals surface area contributed by atoms with E-state index in [-0.39, 0.29) is 29.5 Å². The van der Waals surface area contributed by atoms with E-state index >= 15 is 0 Å². The molecule has 12 nitrogen and oxygen atoms in total. The van der Waals surface area contributed by atoms with E-state index in [0.29, 0.717) is 57.4 Å². The lowest BCUT2D eigenvalue weighted by atomic mass is 9.79. The number of aliphatic hydroxyl groups is 1. The minimum atomic E-state index is -0.981. The first-order chi connectivity index (χ1) is 25.4. The highest BCUT2D eigenvalue weighted by Gasteiger charge is 2.39. The van der Waals surface area contributed by atoms with Crippen LogP contribution in [0.3, 0.4) is 0 Å². The van der Waals surface area contributed by atoms with Crippen LogP contribution in [0.25, 0.3) is 0 Å². The second kappa shape index (κ2) is 18.4. The lowest BCUT2D eigenvalue weighted by Crippen LogP contribution is -2.65. The number of alkyl halides is 1. The lowest BCUT2D eigenvalue weighted by Gasteiger charge is -2.44. The molecule has 6 unspecified atom stereocenters. The van der Waals surface area contributed by atoms with Crippen molar-refractivity contribution in [2.24, 2.45) is 16.8 Å². The van der Waals surface area contributed by atoms with E-state index in [2.05, 4.69) is 54.7 Å². The van der Waals surface area contributed by atoms with Gasteiger partial charge in [-0.25, -0.2) is 9.78 Å². The van der Waals surface area contributed by atoms with Gasteiger partial charge >= 0.3 is 6.09 Å². The number of piperidine rings is 1. The van der Waals surface area contributed by atoms with Gasteiger partial charge in [-0.1, -0.05) is 23.8 Å². The quantitative estimate of drug-likeness (QED) is 0.152. The van der Waals surface area contributed by atoms with Gasteiger partial charge in [-0.05, 0) is 100 Å². The summed E-state index contributed by atoms with van der Waals surface area (Å²) in [6.07, 6.45) is 20.1. The number of nitrogens with zero attached hydrogens (tertiary/aromatic N) is 6. The van der Waals surface area contributed by atoms with Crippen LogP contribution < -0.4 is 10.6 Å². The predicted octanol–water partition coefficient (Wildman–Crippen LogP) is 5.04. The molecule has 0 spiro atoms. The number of piperazine rings is 1. The maximum absolute atomic E-state index is 13.8. The van der Waals surface area contributed by atoms with E-state index in [4.69, 9.17) is 21.3 Å². The number of aliphatic hydroxyl groups excluding tert-OH is 1. The summed E-state index contributed by atoms with van der Waals surface area (Å²) >= 11 is 10.3. The fraction of sp³-hybridized carbons (Fsp3) is 0.692. The number of dihydropyridines is 1. The molecule has 1 aromatic rings. The summed E-state index contributed by atoms with van der Waals surface area (Å²) in [5.41, 5.74) is 2.38. The molecule has 3 N–H and O–H groups in total. The van der Waals surface area contributed by atoms with Crippen LogP contribution in [0.5, 0.6) is 0 Å². The van der Waals surface area contributed by atoms with Crippen molar-refractivity contribution in [3.05, 3.63) is 52.6 Å². The highest BCUT2D eigenvalue weighted by atomic mass is 79.9. The Morgan fingerprint density at radius 1 is 1.13 bits per heavy atom. The number of rotatable bonds is 12. The lowest BCUT2D eigenvalue weighted by molar-refractivity contribution is -0.140. The Kier molecular flexibility index (Phi) is 13.9. The number of nitrogens with one attached hydrogen (secondary N) is 2. The zero-order valence-corrected chi connectivity index (χ0v) is 33.8. The Hall–Kier alpha value is -2.55. The maximum atomic E-state index is 13.8. The molecule has 0 radical (unpaired) electrons. The van der Waals surface area contributed by atoms with Crippen LogP contribution in [0, 0.1) is 11.8 Å². The number of hydrogen-bond donors (Lipinski definition) is 3. The molecule has 5 aliphatic rings. The number of fused-ring (bicyclic) bond motifs is 1. The number of aromatic nitrogens is 2. The number of imidazole rings is 1. The summed E-state index contributed by atoms with van der Waals surface area (Å²) in [5, 5.41) is 18.1. The molecule has 292 valence electrons. The topological polar surface area (TPSA) is 128 Å². The Labute approximate surface area is 328 Å². The third-order valence-electron chi connectivity index (χ3n) is 11.2. The molecule has 0 saturated carbocycles. The first-order valence-electron chi connectivity index (χ1n) is 19.5. The van der Waals surface area contributed by atoms with Gasteiger partial charge in [-0.3, -0.25) is 24.9 Å². The number of halogens is 2. The van der Waals surface area contributed by atoms with E-state index in [1.54, 1.807) is 17.4 Å². The highest BCUT2D eigenvalue weighted by molar-refractivity contribution is 9.12. The molecule has 0 aromatic carbocycles. The molecule has 14 heteroatoms. The van der Waals surface area contributed by atoms with Crippen molar-refractivity contribution >= 4 is 45.7 Å². The van der Waals surface area contributed by atoms with Crippen molar-refractivity contribution in [3.63, 3.8) is 0 Å². The van der Waals surface area contributed by atoms with E-state index in [9.17, 15) is 14.7 Å². The molecule has 0 bridgehead atoms. The molecule has 4 heterocycles. The van der Waals surface area contributed by atoms with Crippen LogP contribution in [0.4, 0.5) is 4.79 Å². The summed E-state index contributed by atoms with van der Waals surface area (Å²) < 4.78 is 8.63. The van der Waals surface area contributed by atoms with Crippen LogP contribution in [0.15, 0.2) is 57.6 Å². The van der Waals surface area contributed by atoms with Gasteiger partial charge in [0.15, 0.2) is 6.35 Å². The Balaban J connectivity index is 1.06. The molecule has 53 heavy (non-hydrogen) atoms. The van der Waals surface area contributed by atoms with Crippen molar-refractivity contribution in [2.45, 2.75) is 114 Å². The summed E-state index contributed by atoms with van der Waals surface area (Å²) in [4.78, 5) is 41.6. The van der Waals surface area contributed by atoms with E-state index in [0.717, 1.165) is 62.6 Å². The van der Waals surface area contributed by atoms with Crippen LogP contribution in [0.2, 0.25) is 0 Å². The number of carbonyl (C=O) groups excluding carboxylic acids is 2. The predicted molar refractivity (Wildman–Crippen MR) is 212 cm³/mol. The maximum Gasteiger partial charge on any atom is 0.410 e. The summed E-state index contributed by atoms with van der Waals surface area (Å²) in [5.74, 6) is 0.657. The van der Waals surface area contributed by atoms with E-state index < -0.39 is 18.0 Å². The fourth-order valence-corrected chi connectivity index (χ4v) is 9.21. The third-order valence-corrected chi connectivity index (χ3v) is 12.0. The zero-order valence-electron chi connectivity index (χ0n) is 31.5. The molecular weight excluding hydrogens is 760 g/mol. The standard InChI is InChI=1S/C39H58BrClN8O4/c1-39(2,3)53-38(52)48-17-11-31(12-18-48)45-37(51)49-21-20-46(25-34(49)36(50)43-13-5-16-47-19-14-42-26-47)15-4-6-33-32-10-9-30(41)23-27(32)7-8-28-22-29(40)24-44-35(28)33/h9-10,14,19,22,24,26,28,30-31,33-35,37,45,51H,4-8,11-13,15-18,20-21,23,25H2,1-3H3,(H,43,50). The second-order valence-electron chi connectivity index (χ2n) is 16.2. The van der Waals surface area contributed by atoms with Gasteiger partial charge in [0.05, 0.1) is 17.7 Å². The van der Waals surface area contributed by atoms with Gasteiger partial charge in [0, 0.05) is 86.8 Å². The molecule has 2 amide bonds.